The van der Waals surface area contributed by atoms with Crippen molar-refractivity contribution < 1.29 is 9.53 Å². The zero-order chi connectivity index (χ0) is 19.0. The number of methoxy groups -OCH3 is 1. The SMILES string of the molecule is COCC(=O)N1CCc2[nH]cnc2C12CCN(c1nc(C)cnc1C)CC2. The van der Waals surface area contributed by atoms with Crippen LogP contribution in [0.5, 0.6) is 0 Å². The van der Waals surface area contributed by atoms with Crippen LogP contribution in [0, 0.1) is 13.8 Å². The van der Waals surface area contributed by atoms with Crippen LogP contribution in [0.2, 0.25) is 0 Å². The van der Waals surface area contributed by atoms with Crippen molar-refractivity contribution in [1.82, 2.24) is 24.8 Å². The first-order chi connectivity index (χ1) is 13.0. The van der Waals surface area contributed by atoms with Crippen LogP contribution in [0.25, 0.3) is 0 Å². The number of nitrogens with zero attached hydrogens (tertiary/aromatic N) is 5. The average Bonchev–Trinajstić information content (AvgIpc) is 3.15. The molecule has 0 unspecified atom stereocenters. The fourth-order valence-electron chi connectivity index (χ4n) is 4.46. The lowest BCUT2D eigenvalue weighted by atomic mass is 9.78. The van der Waals surface area contributed by atoms with Crippen molar-refractivity contribution in [3.63, 3.8) is 0 Å². The van der Waals surface area contributed by atoms with Crippen LogP contribution in [0.4, 0.5) is 5.82 Å². The molecule has 144 valence electrons. The molecule has 0 bridgehead atoms. The van der Waals surface area contributed by atoms with Gasteiger partial charge >= 0.3 is 0 Å². The van der Waals surface area contributed by atoms with Crippen molar-refractivity contribution in [2.24, 2.45) is 0 Å². The van der Waals surface area contributed by atoms with Crippen molar-refractivity contribution in [2.75, 3.05) is 38.3 Å². The smallest absolute Gasteiger partial charge is 0.249 e. The summed E-state index contributed by atoms with van der Waals surface area (Å²) < 4.78 is 5.13. The molecule has 0 radical (unpaired) electrons. The largest absolute Gasteiger partial charge is 0.375 e. The number of ether oxygens (including phenoxy) is 1. The summed E-state index contributed by atoms with van der Waals surface area (Å²) >= 11 is 0. The summed E-state index contributed by atoms with van der Waals surface area (Å²) in [5, 5.41) is 0. The second-order valence-corrected chi connectivity index (χ2v) is 7.40. The molecule has 2 aromatic heterocycles. The van der Waals surface area contributed by atoms with Crippen LogP contribution in [0.15, 0.2) is 12.5 Å². The molecule has 4 rings (SSSR count). The van der Waals surface area contributed by atoms with E-state index in [9.17, 15) is 4.79 Å². The lowest BCUT2D eigenvalue weighted by molar-refractivity contribution is -0.144. The highest BCUT2D eigenvalue weighted by molar-refractivity contribution is 5.79. The van der Waals surface area contributed by atoms with Crippen molar-refractivity contribution in [2.45, 2.75) is 38.6 Å². The van der Waals surface area contributed by atoms with Gasteiger partial charge in [0.2, 0.25) is 5.91 Å². The molecule has 8 nitrogen and oxygen atoms in total. The Kier molecular flexibility index (Phi) is 4.59. The number of rotatable bonds is 3. The molecule has 27 heavy (non-hydrogen) atoms. The van der Waals surface area contributed by atoms with E-state index in [2.05, 4.69) is 24.8 Å². The predicted molar refractivity (Wildman–Crippen MR) is 101 cm³/mol. The number of hydrogen-bond acceptors (Lipinski definition) is 6. The first kappa shape index (κ1) is 17.9. The molecule has 1 saturated heterocycles. The van der Waals surface area contributed by atoms with Crippen molar-refractivity contribution in [3.05, 3.63) is 35.3 Å². The minimum absolute atomic E-state index is 0.0335. The number of amides is 1. The molecule has 1 fully saturated rings. The molecule has 4 heterocycles. The van der Waals surface area contributed by atoms with E-state index < -0.39 is 0 Å². The van der Waals surface area contributed by atoms with Crippen LogP contribution in [0.1, 0.15) is 35.6 Å². The summed E-state index contributed by atoms with van der Waals surface area (Å²) in [7, 11) is 1.57. The van der Waals surface area contributed by atoms with Crippen LogP contribution < -0.4 is 4.90 Å². The Labute approximate surface area is 159 Å². The third-order valence-corrected chi connectivity index (χ3v) is 5.77. The number of hydrogen-bond donors (Lipinski definition) is 1. The van der Waals surface area contributed by atoms with E-state index in [-0.39, 0.29) is 18.1 Å². The van der Waals surface area contributed by atoms with Gasteiger partial charge in [-0.1, -0.05) is 0 Å². The predicted octanol–water partition coefficient (Wildman–Crippen LogP) is 1.34. The molecule has 0 aromatic carbocycles. The Morgan fingerprint density at radius 2 is 2.04 bits per heavy atom. The number of aromatic nitrogens is 4. The van der Waals surface area contributed by atoms with Crippen LogP contribution >= 0.6 is 0 Å². The summed E-state index contributed by atoms with van der Waals surface area (Å²) in [6, 6.07) is 0. The minimum atomic E-state index is -0.370. The second-order valence-electron chi connectivity index (χ2n) is 7.40. The van der Waals surface area contributed by atoms with E-state index >= 15 is 0 Å². The molecule has 2 aliphatic rings. The molecule has 8 heteroatoms. The number of piperidine rings is 1. The van der Waals surface area contributed by atoms with Gasteiger partial charge in [0.1, 0.15) is 12.4 Å². The lowest BCUT2D eigenvalue weighted by Gasteiger charge is -2.50. The highest BCUT2D eigenvalue weighted by Crippen LogP contribution is 2.43. The van der Waals surface area contributed by atoms with Crippen LogP contribution in [-0.2, 0) is 21.5 Å². The zero-order valence-corrected chi connectivity index (χ0v) is 16.2. The van der Waals surface area contributed by atoms with Crippen molar-refractivity contribution in [3.8, 4) is 0 Å². The van der Waals surface area contributed by atoms with Crippen molar-refractivity contribution in [1.29, 1.82) is 0 Å². The van der Waals surface area contributed by atoms with Gasteiger partial charge < -0.3 is 19.5 Å². The summed E-state index contributed by atoms with van der Waals surface area (Å²) in [4.78, 5) is 34.1. The highest BCUT2D eigenvalue weighted by atomic mass is 16.5. The normalized spacial score (nSPS) is 18.6. The molecule has 0 saturated carbocycles. The number of H-pyrrole nitrogens is 1. The van der Waals surface area contributed by atoms with E-state index in [1.54, 1.807) is 19.6 Å². The summed E-state index contributed by atoms with van der Waals surface area (Å²) in [5.74, 6) is 0.976. The van der Waals surface area contributed by atoms with Gasteiger partial charge in [0.25, 0.3) is 0 Å². The highest BCUT2D eigenvalue weighted by Gasteiger charge is 2.48. The third-order valence-electron chi connectivity index (χ3n) is 5.77. The van der Waals surface area contributed by atoms with Gasteiger partial charge in [0, 0.05) is 45.1 Å². The fraction of sp³-hybridized carbons (Fsp3) is 0.579. The van der Waals surface area contributed by atoms with Gasteiger partial charge in [-0.2, -0.15) is 0 Å². The summed E-state index contributed by atoms with van der Waals surface area (Å²) in [6.07, 6.45) is 5.98. The summed E-state index contributed by atoms with van der Waals surface area (Å²) in [5.41, 5.74) is 3.65. The summed E-state index contributed by atoms with van der Waals surface area (Å²) in [6.45, 7) is 6.37. The van der Waals surface area contributed by atoms with Crippen molar-refractivity contribution >= 4 is 11.7 Å². The topological polar surface area (TPSA) is 87.2 Å². The number of carbonyl (C=O) groups is 1. The molecule has 2 aromatic rings. The van der Waals surface area contributed by atoms with Gasteiger partial charge in [-0.15, -0.1) is 0 Å². The first-order valence-corrected chi connectivity index (χ1v) is 9.42. The van der Waals surface area contributed by atoms with E-state index in [4.69, 9.17) is 4.74 Å². The monoisotopic (exact) mass is 370 g/mol. The number of anilines is 1. The Balaban J connectivity index is 1.64. The zero-order valence-electron chi connectivity index (χ0n) is 16.2. The molecule has 2 aliphatic heterocycles. The van der Waals surface area contributed by atoms with E-state index in [1.807, 2.05) is 18.7 Å². The van der Waals surface area contributed by atoms with Crippen LogP contribution in [0.3, 0.4) is 0 Å². The fourth-order valence-corrected chi connectivity index (χ4v) is 4.46. The number of aromatic amines is 1. The molecule has 0 atom stereocenters. The van der Waals surface area contributed by atoms with E-state index in [0.717, 1.165) is 60.9 Å². The second kappa shape index (κ2) is 6.92. The molecule has 1 amide bonds. The molecular formula is C19H26N6O2. The molecular weight excluding hydrogens is 344 g/mol. The van der Waals surface area contributed by atoms with Gasteiger partial charge in [0.05, 0.1) is 28.9 Å². The molecule has 1 N–H and O–H groups in total. The molecule has 1 spiro atoms. The number of fused-ring (bicyclic) bond motifs is 2. The number of nitrogens with one attached hydrogen (secondary N) is 1. The number of imidazole rings is 1. The maximum atomic E-state index is 12.8. The first-order valence-electron chi connectivity index (χ1n) is 9.42. The third kappa shape index (κ3) is 2.97. The van der Waals surface area contributed by atoms with Gasteiger partial charge in [-0.25, -0.2) is 9.97 Å². The number of carbonyl (C=O) groups excluding carboxylic acids is 1. The van der Waals surface area contributed by atoms with Gasteiger partial charge in [0.15, 0.2) is 0 Å². The molecule has 0 aliphatic carbocycles. The Morgan fingerprint density at radius 1 is 1.26 bits per heavy atom. The maximum absolute atomic E-state index is 12.8. The maximum Gasteiger partial charge on any atom is 0.249 e. The van der Waals surface area contributed by atoms with Gasteiger partial charge in [-0.3, -0.25) is 9.78 Å². The Hall–Kier alpha value is -2.48. The van der Waals surface area contributed by atoms with E-state index in [0.29, 0.717) is 6.54 Å². The van der Waals surface area contributed by atoms with Gasteiger partial charge in [-0.05, 0) is 26.7 Å². The van der Waals surface area contributed by atoms with E-state index in [1.165, 1.54) is 0 Å². The lowest BCUT2D eigenvalue weighted by Crippen LogP contribution is -2.59. The minimum Gasteiger partial charge on any atom is -0.375 e. The quantitative estimate of drug-likeness (QED) is 0.877. The standard InChI is InChI=1S/C19H26N6O2/c1-13-10-20-14(2)18(23-13)24-8-5-19(6-9-24)17-15(21-12-22-17)4-7-25(19)16(26)11-27-3/h10,12H,4-9,11H2,1-3H3,(H,21,22). The Bertz CT molecular complexity index is 840. The Morgan fingerprint density at radius 3 is 2.78 bits per heavy atom. The number of aryl methyl sites for hydroxylation is 2. The van der Waals surface area contributed by atoms with Crippen LogP contribution in [-0.4, -0.2) is 64.1 Å². The average molecular weight is 370 g/mol.